The summed E-state index contributed by atoms with van der Waals surface area (Å²) in [6.45, 7) is 2.88. The van der Waals surface area contributed by atoms with E-state index in [1.54, 1.807) is 0 Å². The molecule has 0 aromatic heterocycles. The normalized spacial score (nSPS) is 23.8. The Morgan fingerprint density at radius 3 is 2.88 bits per heavy atom. The highest BCUT2D eigenvalue weighted by atomic mass is 16.2. The van der Waals surface area contributed by atoms with Crippen LogP contribution in [0.4, 0.5) is 5.69 Å². The molecule has 1 aliphatic carbocycles. The second-order valence-electron chi connectivity index (χ2n) is 4.93. The Balaban J connectivity index is 1.99. The van der Waals surface area contributed by atoms with Gasteiger partial charge in [0.15, 0.2) is 0 Å². The van der Waals surface area contributed by atoms with Crippen molar-refractivity contribution in [3.05, 3.63) is 29.3 Å². The van der Waals surface area contributed by atoms with E-state index in [0.29, 0.717) is 5.92 Å². The molecule has 0 radical (unpaired) electrons. The van der Waals surface area contributed by atoms with Crippen molar-refractivity contribution in [1.29, 1.82) is 0 Å². The van der Waals surface area contributed by atoms with Gasteiger partial charge in [-0.1, -0.05) is 17.7 Å². The van der Waals surface area contributed by atoms with Crippen LogP contribution in [-0.2, 0) is 4.79 Å². The second-order valence-corrected chi connectivity index (χ2v) is 4.93. The highest BCUT2D eigenvalue weighted by Gasteiger charge is 2.37. The fourth-order valence-electron chi connectivity index (χ4n) is 2.34. The van der Waals surface area contributed by atoms with Crippen LogP contribution in [0.5, 0.6) is 0 Å². The van der Waals surface area contributed by atoms with Crippen LogP contribution in [0, 0.1) is 12.8 Å². The molecule has 0 bridgehead atoms. The van der Waals surface area contributed by atoms with E-state index in [9.17, 15) is 4.79 Å². The van der Waals surface area contributed by atoms with E-state index in [1.807, 2.05) is 30.0 Å². The van der Waals surface area contributed by atoms with Gasteiger partial charge in [0.2, 0.25) is 5.91 Å². The van der Waals surface area contributed by atoms with E-state index in [-0.39, 0.29) is 5.91 Å². The van der Waals surface area contributed by atoms with Gasteiger partial charge in [0, 0.05) is 17.8 Å². The molecular formula is C13H16N2O. The lowest BCUT2D eigenvalue weighted by Gasteiger charge is -2.17. The summed E-state index contributed by atoms with van der Waals surface area (Å²) in [4.78, 5) is 13.9. The topological polar surface area (TPSA) is 46.3 Å². The first-order chi connectivity index (χ1) is 7.66. The summed E-state index contributed by atoms with van der Waals surface area (Å²) in [5, 5.41) is 0. The third-order valence-corrected chi connectivity index (χ3v) is 3.48. The van der Waals surface area contributed by atoms with Crippen molar-refractivity contribution in [2.24, 2.45) is 11.7 Å². The van der Waals surface area contributed by atoms with Crippen LogP contribution in [0.3, 0.4) is 0 Å². The van der Waals surface area contributed by atoms with Crippen molar-refractivity contribution in [2.45, 2.75) is 25.8 Å². The Morgan fingerprint density at radius 1 is 1.44 bits per heavy atom. The lowest BCUT2D eigenvalue weighted by atomic mass is 10.1. The van der Waals surface area contributed by atoms with Crippen molar-refractivity contribution in [1.82, 2.24) is 0 Å². The van der Waals surface area contributed by atoms with E-state index in [1.165, 1.54) is 12.8 Å². The van der Waals surface area contributed by atoms with Crippen molar-refractivity contribution in [3.8, 4) is 0 Å². The molecule has 1 heterocycles. The van der Waals surface area contributed by atoms with Gasteiger partial charge >= 0.3 is 0 Å². The van der Waals surface area contributed by atoms with Gasteiger partial charge < -0.3 is 10.6 Å². The number of rotatable bonds is 2. The molecule has 1 amide bonds. The number of hydrogen-bond acceptors (Lipinski definition) is 2. The van der Waals surface area contributed by atoms with Gasteiger partial charge in [0.05, 0.1) is 0 Å². The van der Waals surface area contributed by atoms with Crippen LogP contribution in [0.25, 0.3) is 0 Å². The zero-order valence-electron chi connectivity index (χ0n) is 9.44. The number of nitrogens with zero attached hydrogens (tertiary/aromatic N) is 1. The molecule has 2 aliphatic rings. The zero-order valence-corrected chi connectivity index (χ0v) is 9.44. The fourth-order valence-corrected chi connectivity index (χ4v) is 2.34. The van der Waals surface area contributed by atoms with E-state index in [2.05, 4.69) is 0 Å². The summed E-state index contributed by atoms with van der Waals surface area (Å²) < 4.78 is 0. The van der Waals surface area contributed by atoms with Gasteiger partial charge in [-0.3, -0.25) is 4.79 Å². The number of benzene rings is 1. The van der Waals surface area contributed by atoms with Crippen LogP contribution in [0.1, 0.15) is 30.0 Å². The molecular weight excluding hydrogens is 200 g/mol. The van der Waals surface area contributed by atoms with Crippen molar-refractivity contribution < 1.29 is 4.79 Å². The van der Waals surface area contributed by atoms with E-state index < -0.39 is 6.04 Å². The van der Waals surface area contributed by atoms with Crippen molar-refractivity contribution in [3.63, 3.8) is 0 Å². The van der Waals surface area contributed by atoms with Crippen LogP contribution in [0.2, 0.25) is 0 Å². The molecule has 2 N–H and O–H groups in total. The quantitative estimate of drug-likeness (QED) is 0.818. The number of hydrogen-bond donors (Lipinski definition) is 1. The molecule has 3 heteroatoms. The standard InChI is InChI=1S/C13H16N2O/c1-8-2-5-11-10(6-8)12(14)13(16)15(11)7-9-3-4-9/h2,5-6,9,12H,3-4,7,14H2,1H3. The van der Waals surface area contributed by atoms with E-state index >= 15 is 0 Å². The lowest BCUT2D eigenvalue weighted by molar-refractivity contribution is -0.119. The van der Waals surface area contributed by atoms with Gasteiger partial charge in [-0.15, -0.1) is 0 Å². The van der Waals surface area contributed by atoms with Crippen molar-refractivity contribution >= 4 is 11.6 Å². The molecule has 16 heavy (non-hydrogen) atoms. The highest BCUT2D eigenvalue weighted by molar-refractivity contribution is 6.04. The molecule has 1 aliphatic heterocycles. The van der Waals surface area contributed by atoms with Crippen LogP contribution >= 0.6 is 0 Å². The number of carbonyl (C=O) groups is 1. The maximum absolute atomic E-state index is 12.0. The van der Waals surface area contributed by atoms with Gasteiger partial charge in [-0.05, 0) is 31.7 Å². The lowest BCUT2D eigenvalue weighted by Crippen LogP contribution is -2.33. The minimum Gasteiger partial charge on any atom is -0.316 e. The number of carbonyl (C=O) groups excluding carboxylic acids is 1. The summed E-state index contributed by atoms with van der Waals surface area (Å²) in [6, 6.07) is 5.65. The smallest absolute Gasteiger partial charge is 0.248 e. The minimum absolute atomic E-state index is 0.0625. The predicted octanol–water partition coefficient (Wildman–Crippen LogP) is 1.75. The van der Waals surface area contributed by atoms with Gasteiger partial charge in [0.25, 0.3) is 0 Å². The molecule has 3 rings (SSSR count). The Morgan fingerprint density at radius 2 is 2.19 bits per heavy atom. The number of anilines is 1. The monoisotopic (exact) mass is 216 g/mol. The fraction of sp³-hybridized carbons (Fsp3) is 0.462. The first-order valence-corrected chi connectivity index (χ1v) is 5.84. The van der Waals surface area contributed by atoms with Crippen LogP contribution < -0.4 is 10.6 Å². The zero-order chi connectivity index (χ0) is 11.3. The van der Waals surface area contributed by atoms with E-state index in [4.69, 9.17) is 5.73 Å². The molecule has 3 nitrogen and oxygen atoms in total. The second kappa shape index (κ2) is 3.32. The summed E-state index contributed by atoms with van der Waals surface area (Å²) in [7, 11) is 0. The average Bonchev–Trinajstić information content (AvgIpc) is 3.04. The summed E-state index contributed by atoms with van der Waals surface area (Å²) >= 11 is 0. The molecule has 0 spiro atoms. The molecule has 1 aromatic carbocycles. The molecule has 84 valence electrons. The number of fused-ring (bicyclic) bond motifs is 1. The van der Waals surface area contributed by atoms with Gasteiger partial charge in [0.1, 0.15) is 6.04 Å². The first kappa shape index (κ1) is 9.85. The summed E-state index contributed by atoms with van der Waals surface area (Å²) in [5.41, 5.74) is 9.13. The third kappa shape index (κ3) is 1.43. The molecule has 1 aromatic rings. The molecule has 1 atom stereocenters. The van der Waals surface area contributed by atoms with Crippen molar-refractivity contribution in [2.75, 3.05) is 11.4 Å². The predicted molar refractivity (Wildman–Crippen MR) is 63.2 cm³/mol. The van der Waals surface area contributed by atoms with Crippen LogP contribution in [0.15, 0.2) is 18.2 Å². The molecule has 1 saturated carbocycles. The summed E-state index contributed by atoms with van der Waals surface area (Å²) in [5.74, 6) is 0.760. The number of nitrogens with two attached hydrogens (primary N) is 1. The molecule has 1 fully saturated rings. The maximum atomic E-state index is 12.0. The summed E-state index contributed by atoms with van der Waals surface area (Å²) in [6.07, 6.45) is 2.50. The van der Waals surface area contributed by atoms with E-state index in [0.717, 1.165) is 23.4 Å². The Kier molecular flexibility index (Phi) is 2.04. The SMILES string of the molecule is Cc1ccc2c(c1)C(N)C(=O)N2CC1CC1. The Labute approximate surface area is 95.2 Å². The number of aryl methyl sites for hydroxylation is 1. The molecule has 1 unspecified atom stereocenters. The maximum Gasteiger partial charge on any atom is 0.248 e. The third-order valence-electron chi connectivity index (χ3n) is 3.48. The first-order valence-electron chi connectivity index (χ1n) is 5.84. The number of amides is 1. The Bertz CT molecular complexity index is 451. The van der Waals surface area contributed by atoms with Crippen LogP contribution in [-0.4, -0.2) is 12.5 Å². The highest BCUT2D eigenvalue weighted by Crippen LogP contribution is 2.39. The largest absolute Gasteiger partial charge is 0.316 e. The Hall–Kier alpha value is -1.35. The molecule has 0 saturated heterocycles. The average molecular weight is 216 g/mol. The van der Waals surface area contributed by atoms with Gasteiger partial charge in [-0.2, -0.15) is 0 Å². The van der Waals surface area contributed by atoms with Gasteiger partial charge in [-0.25, -0.2) is 0 Å². The minimum atomic E-state index is -0.450.